The van der Waals surface area contributed by atoms with E-state index >= 15 is 0 Å². The molecule has 1 unspecified atom stereocenters. The average Bonchev–Trinajstić information content (AvgIpc) is 2.52. The lowest BCUT2D eigenvalue weighted by molar-refractivity contribution is 0.162. The van der Waals surface area contributed by atoms with Crippen LogP contribution in [-0.4, -0.2) is 26.6 Å². The highest BCUT2D eigenvalue weighted by atomic mass is 16.3. The Balaban J connectivity index is 2.52. The van der Waals surface area contributed by atoms with E-state index in [2.05, 4.69) is 22.3 Å². The number of aliphatic hydroxyl groups is 1. The molecule has 0 aliphatic heterocycles. The number of aliphatic hydroxyl groups excluding tert-OH is 1. The van der Waals surface area contributed by atoms with Crippen LogP contribution < -0.4 is 0 Å². The first kappa shape index (κ1) is 10.2. The molecule has 1 heterocycles. The predicted molar refractivity (Wildman–Crippen MR) is 50.4 cm³/mol. The van der Waals surface area contributed by atoms with Crippen molar-refractivity contribution in [1.29, 1.82) is 0 Å². The molecule has 0 aromatic carbocycles. The lowest BCUT2D eigenvalue weighted by Gasteiger charge is -2.06. The van der Waals surface area contributed by atoms with Gasteiger partial charge < -0.3 is 5.11 Å². The third-order valence-corrected chi connectivity index (χ3v) is 2.09. The van der Waals surface area contributed by atoms with Crippen LogP contribution in [0.3, 0.4) is 0 Å². The summed E-state index contributed by atoms with van der Waals surface area (Å²) < 4.78 is 0. The van der Waals surface area contributed by atoms with Crippen molar-refractivity contribution >= 4 is 0 Å². The van der Waals surface area contributed by atoms with Gasteiger partial charge in [0.15, 0.2) is 0 Å². The third-order valence-electron chi connectivity index (χ3n) is 2.09. The normalized spacial score (nSPS) is 13.2. The van der Waals surface area contributed by atoms with Gasteiger partial charge >= 0.3 is 0 Å². The lowest BCUT2D eigenvalue weighted by Crippen LogP contribution is -2.11. The maximum Gasteiger partial charge on any atom is 0.0882 e. The van der Waals surface area contributed by atoms with E-state index in [4.69, 9.17) is 0 Å². The van der Waals surface area contributed by atoms with Gasteiger partial charge in [-0.3, -0.25) is 0 Å². The summed E-state index contributed by atoms with van der Waals surface area (Å²) in [5.74, 6) is 0. The fraction of sp³-hybridized carbons (Fsp3) is 0.778. The Kier molecular flexibility index (Phi) is 3.89. The smallest absolute Gasteiger partial charge is 0.0882 e. The van der Waals surface area contributed by atoms with Crippen LogP contribution in [-0.2, 0) is 12.8 Å². The zero-order chi connectivity index (χ0) is 9.68. The maximum atomic E-state index is 9.56. The van der Waals surface area contributed by atoms with Gasteiger partial charge in [0.25, 0.3) is 0 Å². The molecule has 0 bridgehead atoms. The highest BCUT2D eigenvalue weighted by Gasteiger charge is 2.10. The van der Waals surface area contributed by atoms with Gasteiger partial charge in [0.1, 0.15) is 0 Å². The molecule has 0 aliphatic carbocycles. The summed E-state index contributed by atoms with van der Waals surface area (Å²) in [6.07, 6.45) is 3.04. The standard InChI is InChI=1S/C9H17N3O/c1-3-5-7(13)6-9-8(4-2)10-12-11-9/h7,13H,3-6H2,1-2H3,(H,10,11,12). The van der Waals surface area contributed by atoms with E-state index in [1.807, 2.05) is 6.92 Å². The van der Waals surface area contributed by atoms with Crippen molar-refractivity contribution in [1.82, 2.24) is 15.4 Å². The van der Waals surface area contributed by atoms with Crippen LogP contribution in [0, 0.1) is 0 Å². The molecule has 0 amide bonds. The van der Waals surface area contributed by atoms with Crippen LogP contribution in [0.25, 0.3) is 0 Å². The summed E-state index contributed by atoms with van der Waals surface area (Å²) in [5.41, 5.74) is 1.87. The largest absolute Gasteiger partial charge is 0.393 e. The first-order chi connectivity index (χ1) is 6.27. The number of aromatic nitrogens is 3. The number of hydrogen-bond acceptors (Lipinski definition) is 3. The Labute approximate surface area is 78.4 Å². The van der Waals surface area contributed by atoms with Crippen molar-refractivity contribution in [3.63, 3.8) is 0 Å². The molecule has 0 aliphatic rings. The molecule has 0 radical (unpaired) electrons. The Morgan fingerprint density at radius 3 is 2.62 bits per heavy atom. The Bertz CT molecular complexity index is 247. The molecular weight excluding hydrogens is 166 g/mol. The van der Waals surface area contributed by atoms with Crippen LogP contribution in [0.2, 0.25) is 0 Å². The molecule has 0 fully saturated rings. The molecule has 1 aromatic rings. The number of H-pyrrole nitrogens is 1. The zero-order valence-electron chi connectivity index (χ0n) is 8.25. The molecule has 0 saturated carbocycles. The summed E-state index contributed by atoms with van der Waals surface area (Å²) in [7, 11) is 0. The number of hydrogen-bond donors (Lipinski definition) is 2. The van der Waals surface area contributed by atoms with Crippen molar-refractivity contribution in [2.45, 2.75) is 45.6 Å². The maximum absolute atomic E-state index is 9.56. The molecule has 74 valence electrons. The van der Waals surface area contributed by atoms with E-state index in [1.54, 1.807) is 0 Å². The van der Waals surface area contributed by atoms with Gasteiger partial charge in [-0.25, -0.2) is 0 Å². The monoisotopic (exact) mass is 183 g/mol. The Morgan fingerprint density at radius 2 is 2.00 bits per heavy atom. The van der Waals surface area contributed by atoms with Gasteiger partial charge in [-0.1, -0.05) is 20.3 Å². The molecule has 1 rings (SSSR count). The van der Waals surface area contributed by atoms with E-state index in [1.165, 1.54) is 0 Å². The lowest BCUT2D eigenvalue weighted by atomic mass is 10.1. The molecule has 1 aromatic heterocycles. The average molecular weight is 183 g/mol. The van der Waals surface area contributed by atoms with E-state index in [9.17, 15) is 5.11 Å². The minimum absolute atomic E-state index is 0.277. The zero-order valence-corrected chi connectivity index (χ0v) is 8.25. The fourth-order valence-electron chi connectivity index (χ4n) is 1.38. The highest BCUT2D eigenvalue weighted by molar-refractivity contribution is 5.08. The molecule has 1 atom stereocenters. The number of aromatic amines is 1. The van der Waals surface area contributed by atoms with Crippen LogP contribution in [0.15, 0.2) is 0 Å². The summed E-state index contributed by atoms with van der Waals surface area (Å²) >= 11 is 0. The Hall–Kier alpha value is -0.900. The minimum Gasteiger partial charge on any atom is -0.393 e. The van der Waals surface area contributed by atoms with Gasteiger partial charge in [0, 0.05) is 6.42 Å². The predicted octanol–water partition coefficient (Wildman–Crippen LogP) is 1.07. The highest BCUT2D eigenvalue weighted by Crippen LogP contribution is 2.08. The first-order valence-electron chi connectivity index (χ1n) is 4.84. The minimum atomic E-state index is -0.277. The first-order valence-corrected chi connectivity index (χ1v) is 4.84. The van der Waals surface area contributed by atoms with Gasteiger partial charge in [0.05, 0.1) is 17.5 Å². The van der Waals surface area contributed by atoms with Crippen molar-refractivity contribution in [2.75, 3.05) is 0 Å². The van der Waals surface area contributed by atoms with E-state index in [-0.39, 0.29) is 6.10 Å². The molecular formula is C9H17N3O. The van der Waals surface area contributed by atoms with Gasteiger partial charge in [-0.05, 0) is 12.8 Å². The molecule has 4 nitrogen and oxygen atoms in total. The molecule has 0 saturated heterocycles. The number of aryl methyl sites for hydroxylation is 1. The van der Waals surface area contributed by atoms with Crippen LogP contribution in [0.1, 0.15) is 38.1 Å². The van der Waals surface area contributed by atoms with E-state index in [0.717, 1.165) is 30.7 Å². The second-order valence-corrected chi connectivity index (χ2v) is 3.22. The van der Waals surface area contributed by atoms with E-state index in [0.29, 0.717) is 6.42 Å². The number of nitrogens with one attached hydrogen (secondary N) is 1. The van der Waals surface area contributed by atoms with Crippen molar-refractivity contribution < 1.29 is 5.11 Å². The quantitative estimate of drug-likeness (QED) is 0.717. The fourth-order valence-corrected chi connectivity index (χ4v) is 1.38. The number of nitrogens with zero attached hydrogens (tertiary/aromatic N) is 2. The van der Waals surface area contributed by atoms with Crippen molar-refractivity contribution in [3.05, 3.63) is 11.4 Å². The van der Waals surface area contributed by atoms with Crippen LogP contribution in [0.4, 0.5) is 0 Å². The SMILES string of the molecule is CCCC(O)Cc1n[nH]nc1CC. The second kappa shape index (κ2) is 4.97. The third kappa shape index (κ3) is 2.81. The summed E-state index contributed by atoms with van der Waals surface area (Å²) in [4.78, 5) is 0. The van der Waals surface area contributed by atoms with Crippen molar-refractivity contribution in [2.24, 2.45) is 0 Å². The molecule has 0 spiro atoms. The molecule has 13 heavy (non-hydrogen) atoms. The molecule has 2 N–H and O–H groups in total. The van der Waals surface area contributed by atoms with Gasteiger partial charge in [-0.2, -0.15) is 15.4 Å². The Morgan fingerprint density at radius 1 is 1.31 bits per heavy atom. The van der Waals surface area contributed by atoms with E-state index < -0.39 is 0 Å². The number of rotatable bonds is 5. The summed E-state index contributed by atoms with van der Waals surface area (Å²) in [5, 5.41) is 20.2. The topological polar surface area (TPSA) is 61.8 Å². The van der Waals surface area contributed by atoms with Crippen molar-refractivity contribution in [3.8, 4) is 0 Å². The van der Waals surface area contributed by atoms with Gasteiger partial charge in [0.2, 0.25) is 0 Å². The second-order valence-electron chi connectivity index (χ2n) is 3.22. The van der Waals surface area contributed by atoms with Gasteiger partial charge in [-0.15, -0.1) is 0 Å². The summed E-state index contributed by atoms with van der Waals surface area (Å²) in [6.45, 7) is 4.10. The summed E-state index contributed by atoms with van der Waals surface area (Å²) in [6, 6.07) is 0. The van der Waals surface area contributed by atoms with Crippen LogP contribution in [0.5, 0.6) is 0 Å². The molecule has 4 heteroatoms. The van der Waals surface area contributed by atoms with Crippen LogP contribution >= 0.6 is 0 Å².